The second-order valence-electron chi connectivity index (χ2n) is 7.17. The third-order valence-electron chi connectivity index (χ3n) is 4.70. The molecule has 0 aromatic heterocycles. The number of benzene rings is 2. The van der Waals surface area contributed by atoms with Gasteiger partial charge in [-0.05, 0) is 62.9 Å². The van der Waals surface area contributed by atoms with Crippen LogP contribution in [0.5, 0.6) is 0 Å². The number of carbonyl (C=O) groups excluding carboxylic acids is 1. The fourth-order valence-corrected chi connectivity index (χ4v) is 5.20. The third-order valence-corrected chi connectivity index (χ3v) is 6.68. The van der Waals surface area contributed by atoms with Crippen molar-refractivity contribution >= 4 is 27.3 Å². The highest BCUT2D eigenvalue weighted by atomic mass is 32.2. The third kappa shape index (κ3) is 4.33. The minimum atomic E-state index is -3.33. The molecule has 0 unspecified atom stereocenters. The molecule has 1 N–H and O–H groups in total. The summed E-state index contributed by atoms with van der Waals surface area (Å²) in [5.41, 5.74) is 4.96. The van der Waals surface area contributed by atoms with Gasteiger partial charge in [-0.3, -0.25) is 9.10 Å². The van der Waals surface area contributed by atoms with Crippen LogP contribution in [0.4, 0.5) is 11.4 Å². The molecule has 144 valence electrons. The van der Waals surface area contributed by atoms with E-state index >= 15 is 0 Å². The quantitative estimate of drug-likeness (QED) is 0.843. The summed E-state index contributed by atoms with van der Waals surface area (Å²) in [7, 11) is -3.33. The van der Waals surface area contributed by atoms with E-state index in [1.807, 2.05) is 51.1 Å². The molecule has 0 saturated carbocycles. The maximum absolute atomic E-state index is 12.6. The summed E-state index contributed by atoms with van der Waals surface area (Å²) < 4.78 is 26.7. The van der Waals surface area contributed by atoms with Gasteiger partial charge in [0.15, 0.2) is 0 Å². The second-order valence-corrected chi connectivity index (χ2v) is 9.18. The molecule has 1 amide bonds. The van der Waals surface area contributed by atoms with Gasteiger partial charge in [0.25, 0.3) is 5.91 Å². The molecule has 1 heterocycles. The number of aryl methyl sites for hydroxylation is 3. The van der Waals surface area contributed by atoms with Crippen molar-refractivity contribution in [1.82, 2.24) is 0 Å². The Kier molecular flexibility index (Phi) is 5.56. The summed E-state index contributed by atoms with van der Waals surface area (Å²) in [5, 5.41) is 2.91. The monoisotopic (exact) mass is 386 g/mol. The van der Waals surface area contributed by atoms with Crippen molar-refractivity contribution in [3.63, 3.8) is 0 Å². The molecule has 0 bridgehead atoms. The number of rotatable bonds is 5. The number of hydrogen-bond donors (Lipinski definition) is 1. The van der Waals surface area contributed by atoms with Crippen molar-refractivity contribution in [2.24, 2.45) is 0 Å². The van der Waals surface area contributed by atoms with Crippen LogP contribution >= 0.6 is 0 Å². The van der Waals surface area contributed by atoms with Crippen LogP contribution in [0.1, 0.15) is 46.8 Å². The number of sulfonamides is 1. The molecule has 3 rings (SSSR count). The van der Waals surface area contributed by atoms with E-state index in [9.17, 15) is 13.2 Å². The summed E-state index contributed by atoms with van der Waals surface area (Å²) in [6.45, 7) is 6.27. The molecule has 1 aliphatic heterocycles. The number of carbonyl (C=O) groups is 1. The zero-order valence-electron chi connectivity index (χ0n) is 16.1. The van der Waals surface area contributed by atoms with Crippen molar-refractivity contribution in [1.29, 1.82) is 0 Å². The minimum Gasteiger partial charge on any atom is -0.322 e. The summed E-state index contributed by atoms with van der Waals surface area (Å²) >= 11 is 0. The molecule has 0 atom stereocenters. The molecule has 27 heavy (non-hydrogen) atoms. The Bertz CT molecular complexity index is 947. The van der Waals surface area contributed by atoms with Crippen LogP contribution < -0.4 is 9.62 Å². The van der Waals surface area contributed by atoms with Crippen LogP contribution in [0.3, 0.4) is 0 Å². The maximum Gasteiger partial charge on any atom is 0.255 e. The van der Waals surface area contributed by atoms with E-state index in [2.05, 4.69) is 5.32 Å². The standard InChI is InChI=1S/C21H26N2O3S/c1-4-10-27(25,26)23-9-5-6-17-7-8-19(14-20(17)23)22-21(24)18-12-15(2)11-16(3)13-18/h7-8,11-14H,4-6,9-10H2,1-3H3,(H,22,24). The normalized spacial score (nSPS) is 14.0. The van der Waals surface area contributed by atoms with Crippen LogP contribution in [0.2, 0.25) is 0 Å². The van der Waals surface area contributed by atoms with Crippen LogP contribution in [0.15, 0.2) is 36.4 Å². The van der Waals surface area contributed by atoms with Crippen LogP contribution in [-0.2, 0) is 16.4 Å². The molecule has 1 aliphatic rings. The lowest BCUT2D eigenvalue weighted by molar-refractivity contribution is 0.102. The fourth-order valence-electron chi connectivity index (χ4n) is 3.58. The second kappa shape index (κ2) is 7.72. The topological polar surface area (TPSA) is 66.5 Å². The Labute approximate surface area is 161 Å². The molecule has 0 radical (unpaired) electrons. The van der Waals surface area contributed by atoms with Crippen molar-refractivity contribution in [3.8, 4) is 0 Å². The number of anilines is 2. The van der Waals surface area contributed by atoms with Gasteiger partial charge in [0.05, 0.1) is 11.4 Å². The van der Waals surface area contributed by atoms with Crippen LogP contribution in [0, 0.1) is 13.8 Å². The van der Waals surface area contributed by atoms with E-state index in [1.165, 1.54) is 4.31 Å². The van der Waals surface area contributed by atoms with Crippen molar-refractivity contribution in [2.45, 2.75) is 40.0 Å². The molecular formula is C21H26N2O3S. The van der Waals surface area contributed by atoms with Crippen molar-refractivity contribution < 1.29 is 13.2 Å². The zero-order valence-corrected chi connectivity index (χ0v) is 16.9. The van der Waals surface area contributed by atoms with E-state index in [-0.39, 0.29) is 11.7 Å². The highest BCUT2D eigenvalue weighted by Crippen LogP contribution is 2.32. The lowest BCUT2D eigenvalue weighted by Crippen LogP contribution is -2.37. The Hall–Kier alpha value is -2.34. The molecule has 2 aromatic carbocycles. The number of nitrogens with one attached hydrogen (secondary N) is 1. The summed E-state index contributed by atoms with van der Waals surface area (Å²) in [6.07, 6.45) is 2.24. The fraction of sp³-hybridized carbons (Fsp3) is 0.381. The van der Waals surface area contributed by atoms with E-state index in [4.69, 9.17) is 0 Å². The summed E-state index contributed by atoms with van der Waals surface area (Å²) in [6, 6.07) is 11.3. The zero-order chi connectivity index (χ0) is 19.6. The number of hydrogen-bond acceptors (Lipinski definition) is 3. The Morgan fingerprint density at radius 3 is 2.48 bits per heavy atom. The lowest BCUT2D eigenvalue weighted by atomic mass is 10.0. The SMILES string of the molecule is CCCS(=O)(=O)N1CCCc2ccc(NC(=O)c3cc(C)cc(C)c3)cc21. The Morgan fingerprint density at radius 2 is 1.81 bits per heavy atom. The van der Waals surface area contributed by atoms with Gasteiger partial charge in [0.1, 0.15) is 0 Å². The van der Waals surface area contributed by atoms with Crippen LogP contribution in [-0.4, -0.2) is 26.6 Å². The number of nitrogens with zero attached hydrogens (tertiary/aromatic N) is 1. The molecular weight excluding hydrogens is 360 g/mol. The van der Waals surface area contributed by atoms with Gasteiger partial charge in [0, 0.05) is 17.8 Å². The van der Waals surface area contributed by atoms with E-state index in [1.54, 1.807) is 6.07 Å². The average Bonchev–Trinajstić information content (AvgIpc) is 2.60. The molecule has 0 aliphatic carbocycles. The predicted octanol–water partition coefficient (Wildman–Crippen LogP) is 4.05. The maximum atomic E-state index is 12.6. The lowest BCUT2D eigenvalue weighted by Gasteiger charge is -2.31. The smallest absolute Gasteiger partial charge is 0.255 e. The number of amides is 1. The van der Waals surface area contributed by atoms with Crippen molar-refractivity contribution in [3.05, 3.63) is 58.7 Å². The van der Waals surface area contributed by atoms with Gasteiger partial charge in [-0.1, -0.05) is 30.2 Å². The first-order valence-corrected chi connectivity index (χ1v) is 10.9. The number of fused-ring (bicyclic) bond motifs is 1. The van der Waals surface area contributed by atoms with E-state index in [0.717, 1.165) is 29.5 Å². The summed E-state index contributed by atoms with van der Waals surface area (Å²) in [5.74, 6) is -0.0634. The molecule has 0 saturated heterocycles. The van der Waals surface area contributed by atoms with Gasteiger partial charge in [-0.25, -0.2) is 8.42 Å². The first-order valence-electron chi connectivity index (χ1n) is 9.33. The Balaban J connectivity index is 1.89. The van der Waals surface area contributed by atoms with Gasteiger partial charge in [-0.2, -0.15) is 0 Å². The minimum absolute atomic E-state index is 0.131. The van der Waals surface area contributed by atoms with Gasteiger partial charge < -0.3 is 5.32 Å². The van der Waals surface area contributed by atoms with Crippen molar-refractivity contribution in [2.75, 3.05) is 21.9 Å². The molecule has 5 nitrogen and oxygen atoms in total. The largest absolute Gasteiger partial charge is 0.322 e. The first-order chi connectivity index (χ1) is 12.8. The van der Waals surface area contributed by atoms with Crippen LogP contribution in [0.25, 0.3) is 0 Å². The molecule has 2 aromatic rings. The van der Waals surface area contributed by atoms with Gasteiger partial charge >= 0.3 is 0 Å². The van der Waals surface area contributed by atoms with E-state index < -0.39 is 10.0 Å². The summed E-state index contributed by atoms with van der Waals surface area (Å²) in [4.78, 5) is 12.6. The van der Waals surface area contributed by atoms with Gasteiger partial charge in [0.2, 0.25) is 10.0 Å². The average molecular weight is 387 g/mol. The predicted molar refractivity (Wildman–Crippen MR) is 110 cm³/mol. The van der Waals surface area contributed by atoms with Gasteiger partial charge in [-0.15, -0.1) is 0 Å². The molecule has 0 spiro atoms. The first kappa shape index (κ1) is 19.4. The van der Waals surface area contributed by atoms with E-state index in [0.29, 0.717) is 29.9 Å². The molecule has 6 heteroatoms. The Morgan fingerprint density at radius 1 is 1.11 bits per heavy atom. The molecule has 0 fully saturated rings. The highest BCUT2D eigenvalue weighted by molar-refractivity contribution is 7.92. The highest BCUT2D eigenvalue weighted by Gasteiger charge is 2.27.